The van der Waals surface area contributed by atoms with Crippen molar-refractivity contribution >= 4 is 5.91 Å². The summed E-state index contributed by atoms with van der Waals surface area (Å²) in [6, 6.07) is 0. The standard InChI is InChI=1S/C27H55N3O/c1-2-3-4-5-6-7-8-9-10-11-12-13-14-15-16-22-27(31)30-25-26(21-19-24-29)20-17-18-23-28/h9-10,26H,2-8,11-25,28-29H2,1H3,(H,30,31)/b10-9+. The maximum absolute atomic E-state index is 12.1. The van der Waals surface area contributed by atoms with Gasteiger partial charge in [-0.05, 0) is 76.8 Å². The summed E-state index contributed by atoms with van der Waals surface area (Å²) < 4.78 is 0. The van der Waals surface area contributed by atoms with E-state index >= 15 is 0 Å². The second-order valence-corrected chi connectivity index (χ2v) is 9.22. The van der Waals surface area contributed by atoms with Crippen LogP contribution in [0, 0.1) is 5.92 Å². The van der Waals surface area contributed by atoms with E-state index in [9.17, 15) is 4.79 Å². The first-order valence-electron chi connectivity index (χ1n) is 13.6. The molecule has 1 amide bonds. The molecule has 0 spiro atoms. The summed E-state index contributed by atoms with van der Waals surface area (Å²) in [5, 5.41) is 3.15. The Labute approximate surface area is 194 Å². The molecule has 0 rings (SSSR count). The lowest BCUT2D eigenvalue weighted by Gasteiger charge is -2.17. The zero-order valence-corrected chi connectivity index (χ0v) is 20.9. The number of carbonyl (C=O) groups excluding carboxylic acids is 1. The van der Waals surface area contributed by atoms with Crippen LogP contribution in [0.4, 0.5) is 0 Å². The fourth-order valence-electron chi connectivity index (χ4n) is 4.04. The first kappa shape index (κ1) is 30.1. The van der Waals surface area contributed by atoms with Gasteiger partial charge >= 0.3 is 0 Å². The number of carbonyl (C=O) groups is 1. The summed E-state index contributed by atoms with van der Waals surface area (Å²) in [4.78, 5) is 12.1. The summed E-state index contributed by atoms with van der Waals surface area (Å²) in [5.74, 6) is 0.766. The van der Waals surface area contributed by atoms with Crippen LogP contribution in [-0.2, 0) is 4.79 Å². The van der Waals surface area contributed by atoms with E-state index in [1.165, 1.54) is 77.0 Å². The Kier molecular flexibility index (Phi) is 24.7. The van der Waals surface area contributed by atoms with E-state index in [1.807, 2.05) is 0 Å². The second-order valence-electron chi connectivity index (χ2n) is 9.22. The minimum atomic E-state index is 0.217. The summed E-state index contributed by atoms with van der Waals surface area (Å²) in [7, 11) is 0. The average molecular weight is 438 g/mol. The molecule has 4 nitrogen and oxygen atoms in total. The first-order valence-corrected chi connectivity index (χ1v) is 13.6. The Morgan fingerprint density at radius 2 is 1.26 bits per heavy atom. The largest absolute Gasteiger partial charge is 0.356 e. The number of rotatable bonds is 24. The third-order valence-electron chi connectivity index (χ3n) is 6.14. The van der Waals surface area contributed by atoms with E-state index in [0.717, 1.165) is 58.2 Å². The molecule has 0 heterocycles. The molecule has 31 heavy (non-hydrogen) atoms. The average Bonchev–Trinajstić information content (AvgIpc) is 2.78. The monoisotopic (exact) mass is 437 g/mol. The molecule has 5 N–H and O–H groups in total. The first-order chi connectivity index (χ1) is 15.2. The van der Waals surface area contributed by atoms with Crippen LogP contribution in [0.25, 0.3) is 0 Å². The molecule has 184 valence electrons. The number of unbranched alkanes of at least 4 members (excludes halogenated alkanes) is 12. The van der Waals surface area contributed by atoms with Gasteiger partial charge in [0.05, 0.1) is 0 Å². The van der Waals surface area contributed by atoms with E-state index in [1.54, 1.807) is 0 Å². The van der Waals surface area contributed by atoms with Gasteiger partial charge < -0.3 is 16.8 Å². The minimum absolute atomic E-state index is 0.217. The summed E-state index contributed by atoms with van der Waals surface area (Å²) in [6.07, 6.45) is 27.7. The van der Waals surface area contributed by atoms with Crippen LogP contribution in [0.3, 0.4) is 0 Å². The Hall–Kier alpha value is -0.870. The Morgan fingerprint density at radius 3 is 1.87 bits per heavy atom. The van der Waals surface area contributed by atoms with Crippen molar-refractivity contribution in [3.8, 4) is 0 Å². The second kappa shape index (κ2) is 25.4. The third-order valence-corrected chi connectivity index (χ3v) is 6.14. The highest BCUT2D eigenvalue weighted by Gasteiger charge is 2.10. The molecule has 0 aromatic rings. The Morgan fingerprint density at radius 1 is 0.710 bits per heavy atom. The molecule has 0 aliphatic rings. The lowest BCUT2D eigenvalue weighted by atomic mass is 9.96. The van der Waals surface area contributed by atoms with Crippen molar-refractivity contribution in [1.29, 1.82) is 0 Å². The maximum Gasteiger partial charge on any atom is 0.220 e. The van der Waals surface area contributed by atoms with Crippen LogP contribution < -0.4 is 16.8 Å². The van der Waals surface area contributed by atoms with E-state index in [4.69, 9.17) is 11.5 Å². The molecule has 4 heteroatoms. The molecule has 1 atom stereocenters. The number of nitrogens with one attached hydrogen (secondary N) is 1. The molecule has 1 unspecified atom stereocenters. The van der Waals surface area contributed by atoms with Crippen LogP contribution in [0.1, 0.15) is 129 Å². The topological polar surface area (TPSA) is 81.1 Å². The number of amides is 1. The number of nitrogens with two attached hydrogens (primary N) is 2. The van der Waals surface area contributed by atoms with Crippen molar-refractivity contribution in [1.82, 2.24) is 5.32 Å². The van der Waals surface area contributed by atoms with Gasteiger partial charge in [0.15, 0.2) is 0 Å². The number of allylic oxidation sites excluding steroid dienone is 2. The van der Waals surface area contributed by atoms with Crippen LogP contribution >= 0.6 is 0 Å². The van der Waals surface area contributed by atoms with Gasteiger partial charge in [0.1, 0.15) is 0 Å². The number of hydrogen-bond acceptors (Lipinski definition) is 3. The molecule has 0 saturated carbocycles. The van der Waals surface area contributed by atoms with Gasteiger partial charge in [0, 0.05) is 13.0 Å². The van der Waals surface area contributed by atoms with E-state index in [0.29, 0.717) is 12.3 Å². The van der Waals surface area contributed by atoms with E-state index in [2.05, 4.69) is 24.4 Å². The third kappa shape index (κ3) is 23.6. The summed E-state index contributed by atoms with van der Waals surface area (Å²) in [5.41, 5.74) is 11.2. The van der Waals surface area contributed by atoms with Crippen molar-refractivity contribution in [2.45, 2.75) is 129 Å². The lowest BCUT2D eigenvalue weighted by molar-refractivity contribution is -0.121. The molecule has 0 radical (unpaired) electrons. The molecular weight excluding hydrogens is 382 g/mol. The predicted octanol–water partition coefficient (Wildman–Crippen LogP) is 6.62. The van der Waals surface area contributed by atoms with E-state index < -0.39 is 0 Å². The highest BCUT2D eigenvalue weighted by molar-refractivity contribution is 5.75. The Bertz CT molecular complexity index is 398. The predicted molar refractivity (Wildman–Crippen MR) is 137 cm³/mol. The van der Waals surface area contributed by atoms with Crippen molar-refractivity contribution in [2.24, 2.45) is 17.4 Å². The molecule has 0 fully saturated rings. The molecule has 0 saturated heterocycles. The quantitative estimate of drug-likeness (QED) is 0.117. The minimum Gasteiger partial charge on any atom is -0.356 e. The lowest BCUT2D eigenvalue weighted by Crippen LogP contribution is -2.29. The normalized spacial score (nSPS) is 12.5. The molecule has 0 aromatic heterocycles. The maximum atomic E-state index is 12.1. The van der Waals surface area contributed by atoms with Gasteiger partial charge in [0.25, 0.3) is 0 Å². The molecule has 0 aliphatic heterocycles. The van der Waals surface area contributed by atoms with Crippen LogP contribution in [0.2, 0.25) is 0 Å². The zero-order chi connectivity index (χ0) is 22.8. The molecule has 0 aliphatic carbocycles. The fraction of sp³-hybridized carbons (Fsp3) is 0.889. The SMILES string of the molecule is CCCCCCCC/C=C/CCCCCCCC(=O)NCC(CCCN)CCCCN. The molecule has 0 aromatic carbocycles. The van der Waals surface area contributed by atoms with Gasteiger partial charge in [0.2, 0.25) is 5.91 Å². The molecular formula is C27H55N3O. The zero-order valence-electron chi connectivity index (χ0n) is 20.9. The van der Waals surface area contributed by atoms with Gasteiger partial charge in [-0.15, -0.1) is 0 Å². The molecule has 0 bridgehead atoms. The number of hydrogen-bond donors (Lipinski definition) is 3. The highest BCUT2D eigenvalue weighted by Crippen LogP contribution is 2.14. The van der Waals surface area contributed by atoms with Crippen LogP contribution in [0.15, 0.2) is 12.2 Å². The van der Waals surface area contributed by atoms with Crippen LogP contribution in [-0.4, -0.2) is 25.5 Å². The van der Waals surface area contributed by atoms with Gasteiger partial charge in [-0.3, -0.25) is 4.79 Å². The van der Waals surface area contributed by atoms with Crippen molar-refractivity contribution < 1.29 is 4.79 Å². The van der Waals surface area contributed by atoms with Crippen molar-refractivity contribution in [3.63, 3.8) is 0 Å². The fourth-order valence-corrected chi connectivity index (χ4v) is 4.04. The van der Waals surface area contributed by atoms with Crippen LogP contribution in [0.5, 0.6) is 0 Å². The van der Waals surface area contributed by atoms with Crippen molar-refractivity contribution in [2.75, 3.05) is 19.6 Å². The van der Waals surface area contributed by atoms with E-state index in [-0.39, 0.29) is 5.91 Å². The smallest absolute Gasteiger partial charge is 0.220 e. The summed E-state index contributed by atoms with van der Waals surface area (Å²) >= 11 is 0. The highest BCUT2D eigenvalue weighted by atomic mass is 16.1. The Balaban J connectivity index is 3.52. The summed E-state index contributed by atoms with van der Waals surface area (Å²) in [6.45, 7) is 4.56. The van der Waals surface area contributed by atoms with Gasteiger partial charge in [-0.2, -0.15) is 0 Å². The van der Waals surface area contributed by atoms with Gasteiger partial charge in [-0.25, -0.2) is 0 Å². The van der Waals surface area contributed by atoms with Crippen molar-refractivity contribution in [3.05, 3.63) is 12.2 Å². The van der Waals surface area contributed by atoms with Gasteiger partial charge in [-0.1, -0.05) is 76.9 Å².